The van der Waals surface area contributed by atoms with Crippen molar-refractivity contribution >= 4 is 21.7 Å². The Balaban J connectivity index is 2.01. The molecule has 1 aliphatic rings. The predicted molar refractivity (Wildman–Crippen MR) is 96.9 cm³/mol. The summed E-state index contributed by atoms with van der Waals surface area (Å²) in [5, 5.41) is 0. The van der Waals surface area contributed by atoms with Gasteiger partial charge in [-0.2, -0.15) is 0 Å². The highest BCUT2D eigenvalue weighted by molar-refractivity contribution is 7.91. The van der Waals surface area contributed by atoms with Gasteiger partial charge in [-0.25, -0.2) is 17.6 Å². The monoisotopic (exact) mass is 401 g/mol. The molecular formula is C18H24FNO6S. The van der Waals surface area contributed by atoms with Gasteiger partial charge in [0.15, 0.2) is 16.4 Å². The molecule has 9 heteroatoms. The lowest BCUT2D eigenvalue weighted by atomic mass is 10.2. The van der Waals surface area contributed by atoms with Crippen molar-refractivity contribution in [1.29, 1.82) is 0 Å². The molecule has 150 valence electrons. The van der Waals surface area contributed by atoms with Gasteiger partial charge in [0.25, 0.3) is 5.91 Å². The number of amides is 1. The van der Waals surface area contributed by atoms with Crippen LogP contribution in [0.4, 0.5) is 4.39 Å². The van der Waals surface area contributed by atoms with Gasteiger partial charge in [-0.3, -0.25) is 4.79 Å². The Labute approximate surface area is 158 Å². The van der Waals surface area contributed by atoms with Crippen LogP contribution in [0, 0.1) is 5.82 Å². The molecule has 2 rings (SSSR count). The van der Waals surface area contributed by atoms with Crippen LogP contribution in [0.2, 0.25) is 0 Å². The number of hydrogen-bond donors (Lipinski definition) is 0. The smallest absolute Gasteiger partial charge is 0.341 e. The number of carbonyl (C=O) groups excluding carboxylic acids is 2. The van der Waals surface area contributed by atoms with Crippen molar-refractivity contribution in [2.24, 2.45) is 0 Å². The lowest BCUT2D eigenvalue weighted by Gasteiger charge is -2.28. The Morgan fingerprint density at radius 2 is 2.07 bits per heavy atom. The maximum absolute atomic E-state index is 13.9. The molecule has 0 unspecified atom stereocenters. The van der Waals surface area contributed by atoms with Gasteiger partial charge >= 0.3 is 5.97 Å². The molecule has 1 saturated heterocycles. The number of ether oxygens (including phenoxy) is 2. The molecule has 0 radical (unpaired) electrons. The molecule has 0 aromatic heterocycles. The molecule has 0 saturated carbocycles. The second kappa shape index (κ2) is 9.16. The molecule has 27 heavy (non-hydrogen) atoms. The molecule has 1 heterocycles. The molecule has 0 aliphatic carbocycles. The summed E-state index contributed by atoms with van der Waals surface area (Å²) >= 11 is 0. The van der Waals surface area contributed by atoms with Gasteiger partial charge in [-0.05, 0) is 25.0 Å². The van der Waals surface area contributed by atoms with E-state index in [1.54, 1.807) is 0 Å². The lowest BCUT2D eigenvalue weighted by Crippen LogP contribution is -2.43. The van der Waals surface area contributed by atoms with Gasteiger partial charge in [-0.1, -0.05) is 13.3 Å². The van der Waals surface area contributed by atoms with E-state index in [1.165, 1.54) is 24.1 Å². The van der Waals surface area contributed by atoms with Crippen LogP contribution in [0.1, 0.15) is 36.5 Å². The topological polar surface area (TPSA) is 90.0 Å². The fraction of sp³-hybridized carbons (Fsp3) is 0.556. The van der Waals surface area contributed by atoms with E-state index in [9.17, 15) is 22.4 Å². The van der Waals surface area contributed by atoms with Crippen LogP contribution in [-0.4, -0.2) is 63.0 Å². The summed E-state index contributed by atoms with van der Waals surface area (Å²) in [5.74, 6) is -2.02. The Hall–Kier alpha value is -2.16. The fourth-order valence-electron chi connectivity index (χ4n) is 2.94. The van der Waals surface area contributed by atoms with E-state index in [-0.39, 0.29) is 22.8 Å². The third-order valence-electron chi connectivity index (χ3n) is 4.44. The lowest BCUT2D eigenvalue weighted by molar-refractivity contribution is -0.136. The zero-order valence-corrected chi connectivity index (χ0v) is 16.3. The van der Waals surface area contributed by atoms with E-state index < -0.39 is 40.2 Å². The Kier molecular flexibility index (Phi) is 7.18. The van der Waals surface area contributed by atoms with Crippen LogP contribution in [0.5, 0.6) is 5.75 Å². The number of hydrogen-bond acceptors (Lipinski definition) is 6. The quantitative estimate of drug-likeness (QED) is 0.617. The minimum Gasteiger partial charge on any atom is -0.497 e. The van der Waals surface area contributed by atoms with Gasteiger partial charge in [0, 0.05) is 18.7 Å². The van der Waals surface area contributed by atoms with Gasteiger partial charge in [-0.15, -0.1) is 0 Å². The van der Waals surface area contributed by atoms with Crippen LogP contribution in [0.15, 0.2) is 18.2 Å². The highest BCUT2D eigenvalue weighted by Gasteiger charge is 2.34. The Bertz CT molecular complexity index is 795. The molecule has 1 atom stereocenters. The second-order valence-electron chi connectivity index (χ2n) is 6.42. The number of halogens is 1. The Morgan fingerprint density at radius 3 is 2.63 bits per heavy atom. The van der Waals surface area contributed by atoms with Crippen LogP contribution >= 0.6 is 0 Å². The summed E-state index contributed by atoms with van der Waals surface area (Å²) in [7, 11) is -1.77. The van der Waals surface area contributed by atoms with E-state index in [2.05, 4.69) is 0 Å². The second-order valence-corrected chi connectivity index (χ2v) is 8.65. The van der Waals surface area contributed by atoms with E-state index in [0.717, 1.165) is 12.5 Å². The van der Waals surface area contributed by atoms with Crippen molar-refractivity contribution in [3.8, 4) is 5.75 Å². The number of nitrogens with zero attached hydrogens (tertiary/aromatic N) is 1. The van der Waals surface area contributed by atoms with Crippen molar-refractivity contribution in [2.75, 3.05) is 31.8 Å². The number of unbranched alkanes of at least 4 members (excludes halogenated alkanes) is 1. The zero-order chi connectivity index (χ0) is 20.0. The average Bonchev–Trinajstić information content (AvgIpc) is 2.99. The molecule has 1 aromatic rings. The molecule has 1 aliphatic heterocycles. The van der Waals surface area contributed by atoms with Gasteiger partial charge in [0.2, 0.25) is 0 Å². The first kappa shape index (κ1) is 21.1. The highest BCUT2D eigenvalue weighted by Crippen LogP contribution is 2.20. The average molecular weight is 401 g/mol. The van der Waals surface area contributed by atoms with Crippen molar-refractivity contribution in [2.45, 2.75) is 32.2 Å². The van der Waals surface area contributed by atoms with Crippen LogP contribution in [-0.2, 0) is 19.4 Å². The number of rotatable bonds is 8. The third kappa shape index (κ3) is 5.66. The van der Waals surface area contributed by atoms with Crippen LogP contribution in [0.3, 0.4) is 0 Å². The maximum Gasteiger partial charge on any atom is 0.341 e. The first-order valence-corrected chi connectivity index (χ1v) is 10.6. The molecule has 1 fully saturated rings. The first-order valence-electron chi connectivity index (χ1n) is 8.78. The maximum atomic E-state index is 13.9. The number of methoxy groups -OCH3 is 1. The SMILES string of the molecule is CCCCN(C(=O)COC(=O)c1ccc(OC)cc1F)[C@H]1CCS(=O)(=O)C1. The summed E-state index contributed by atoms with van der Waals surface area (Å²) in [6, 6.07) is 3.28. The number of benzene rings is 1. The molecular weight excluding hydrogens is 377 g/mol. The molecule has 1 amide bonds. The zero-order valence-electron chi connectivity index (χ0n) is 15.4. The minimum atomic E-state index is -3.15. The van der Waals surface area contributed by atoms with Crippen molar-refractivity contribution in [1.82, 2.24) is 4.90 Å². The normalized spacial score (nSPS) is 18.1. The van der Waals surface area contributed by atoms with E-state index in [4.69, 9.17) is 9.47 Å². The van der Waals surface area contributed by atoms with Crippen LogP contribution in [0.25, 0.3) is 0 Å². The molecule has 0 spiro atoms. The van der Waals surface area contributed by atoms with Gasteiger partial charge < -0.3 is 14.4 Å². The Morgan fingerprint density at radius 1 is 1.33 bits per heavy atom. The third-order valence-corrected chi connectivity index (χ3v) is 6.20. The van der Waals surface area contributed by atoms with Crippen molar-refractivity contribution < 1.29 is 31.9 Å². The summed E-state index contributed by atoms with van der Waals surface area (Å²) in [4.78, 5) is 26.0. The predicted octanol–water partition coefficient (Wildman–Crippen LogP) is 1.81. The minimum absolute atomic E-state index is 0.0461. The summed E-state index contributed by atoms with van der Waals surface area (Å²) in [6.45, 7) is 1.79. The molecule has 1 aromatic carbocycles. The standard InChI is InChI=1S/C18H24FNO6S/c1-3-4-8-20(13-7-9-27(23,24)12-13)17(21)11-26-18(22)15-6-5-14(25-2)10-16(15)19/h5-6,10,13H,3-4,7-9,11-12H2,1-2H3/t13-/m0/s1. The van der Waals surface area contributed by atoms with E-state index in [0.29, 0.717) is 19.4 Å². The number of esters is 1. The molecule has 7 nitrogen and oxygen atoms in total. The summed E-state index contributed by atoms with van der Waals surface area (Å²) < 4.78 is 47.2. The molecule has 0 bridgehead atoms. The van der Waals surface area contributed by atoms with E-state index >= 15 is 0 Å². The summed E-state index contributed by atoms with van der Waals surface area (Å²) in [6.07, 6.45) is 1.92. The number of sulfone groups is 1. The fourth-order valence-corrected chi connectivity index (χ4v) is 4.67. The highest BCUT2D eigenvalue weighted by atomic mass is 32.2. The van der Waals surface area contributed by atoms with Crippen molar-refractivity contribution in [3.05, 3.63) is 29.6 Å². The summed E-state index contributed by atoms with van der Waals surface area (Å²) in [5.41, 5.74) is -0.299. The van der Waals surface area contributed by atoms with Crippen LogP contribution < -0.4 is 4.74 Å². The molecule has 0 N–H and O–H groups in total. The van der Waals surface area contributed by atoms with Crippen molar-refractivity contribution in [3.63, 3.8) is 0 Å². The largest absolute Gasteiger partial charge is 0.497 e. The van der Waals surface area contributed by atoms with Gasteiger partial charge in [0.1, 0.15) is 11.6 Å². The number of carbonyl (C=O) groups is 2. The first-order chi connectivity index (χ1) is 12.8. The van der Waals surface area contributed by atoms with E-state index in [1.807, 2.05) is 6.92 Å². The van der Waals surface area contributed by atoms with Gasteiger partial charge in [0.05, 0.1) is 24.2 Å².